The molecule has 0 bridgehead atoms. The van der Waals surface area contributed by atoms with E-state index >= 15 is 0 Å². The molecule has 0 unspecified atom stereocenters. The monoisotopic (exact) mass is 327 g/mol. The van der Waals surface area contributed by atoms with Crippen LogP contribution in [0.15, 0.2) is 18.2 Å². The summed E-state index contributed by atoms with van der Waals surface area (Å²) in [6.45, 7) is 10.6. The minimum absolute atomic E-state index is 0. The molecule has 1 radical (unpaired) electrons. The number of hydrogen-bond acceptors (Lipinski definition) is 1. The summed E-state index contributed by atoms with van der Waals surface area (Å²) in [6.07, 6.45) is 0.654. The third kappa shape index (κ3) is 6.09. The van der Waals surface area contributed by atoms with E-state index in [1.54, 1.807) is 0 Å². The summed E-state index contributed by atoms with van der Waals surface area (Å²) >= 11 is 0. The molecule has 1 N–H and O–H groups in total. The summed E-state index contributed by atoms with van der Waals surface area (Å²) in [5.41, 5.74) is 3.22. The molecule has 0 spiro atoms. The van der Waals surface area contributed by atoms with Crippen molar-refractivity contribution in [1.29, 1.82) is 0 Å². The average molecular weight is 327 g/mol. The first-order chi connectivity index (χ1) is 7.29. The molecule has 0 aromatic heterocycles. The Hall–Kier alpha value is 0.224. The number of anilines is 1. The van der Waals surface area contributed by atoms with Gasteiger partial charge in [-0.2, -0.15) is 0 Å². The number of para-hydroxylation sites is 1. The van der Waals surface area contributed by atoms with Gasteiger partial charge >= 0.3 is 0 Å². The molecule has 1 rings (SSSR count). The van der Waals surface area contributed by atoms with Crippen molar-refractivity contribution in [3.05, 3.63) is 29.3 Å². The number of carbonyl (C=O) groups is 1. The molecule has 4 heteroatoms. The Morgan fingerprint density at radius 3 is 2.06 bits per heavy atom. The largest absolute Gasteiger partial charge is 0.322 e. The van der Waals surface area contributed by atoms with Crippen LogP contribution in [-0.2, 0) is 37.5 Å². The second kappa shape index (κ2) is 6.97. The maximum atomic E-state index is 11.8. The second-order valence-electron chi connectivity index (χ2n) is 5.26. The van der Waals surface area contributed by atoms with Crippen LogP contribution >= 0.6 is 7.26 Å². The van der Waals surface area contributed by atoms with E-state index < -0.39 is 7.26 Å². The zero-order valence-corrected chi connectivity index (χ0v) is 15.1. The molecule has 0 saturated carbocycles. The zero-order valence-electron chi connectivity index (χ0n) is 11.4. The molecule has 0 fully saturated rings. The summed E-state index contributed by atoms with van der Waals surface area (Å²) in [7, 11) is -1.05. The van der Waals surface area contributed by atoms with E-state index in [2.05, 4.69) is 25.3 Å². The first kappa shape index (κ1) is 17.2. The van der Waals surface area contributed by atoms with Crippen LogP contribution in [0.2, 0.25) is 0 Å². The number of nitrogens with one attached hydrogen (secondary N) is 1. The van der Waals surface area contributed by atoms with Crippen molar-refractivity contribution in [1.82, 2.24) is 0 Å². The van der Waals surface area contributed by atoms with Crippen molar-refractivity contribution in [3.8, 4) is 0 Å². The van der Waals surface area contributed by atoms with Gasteiger partial charge < -0.3 is 5.32 Å². The Labute approximate surface area is 130 Å². The van der Waals surface area contributed by atoms with Crippen molar-refractivity contribution in [2.24, 2.45) is 0 Å². The molecule has 0 saturated heterocycles. The number of aryl methyl sites for hydroxylation is 2. The Morgan fingerprint density at radius 2 is 1.65 bits per heavy atom. The number of rotatable bonds is 3. The van der Waals surface area contributed by atoms with E-state index in [1.165, 1.54) is 0 Å². The van der Waals surface area contributed by atoms with Gasteiger partial charge in [0.2, 0.25) is 0 Å². The second-order valence-corrected chi connectivity index (χ2v) is 10.2. The van der Waals surface area contributed by atoms with Gasteiger partial charge in [0.05, 0.1) is 0 Å². The Bertz CT molecular complexity index is 379. The van der Waals surface area contributed by atoms with Crippen LogP contribution in [0.25, 0.3) is 0 Å². The van der Waals surface area contributed by atoms with Crippen molar-refractivity contribution in [3.63, 3.8) is 0 Å². The van der Waals surface area contributed by atoms with Gasteiger partial charge in [-0.25, -0.2) is 0 Å². The van der Waals surface area contributed by atoms with Crippen LogP contribution in [0, 0.1) is 13.8 Å². The molecular weight excluding hydrogens is 306 g/mol. The summed E-state index contributed by atoms with van der Waals surface area (Å²) in [4.78, 5) is 11.8. The molecule has 0 aliphatic carbocycles. The Balaban J connectivity index is 0.00000256. The summed E-state index contributed by atoms with van der Waals surface area (Å²) in [6, 6.07) is 6.06. The fourth-order valence-corrected chi connectivity index (χ4v) is 2.56. The van der Waals surface area contributed by atoms with Crippen LogP contribution in [-0.4, -0.2) is 32.1 Å². The zero-order chi connectivity index (χ0) is 12.3. The third-order valence-corrected chi connectivity index (χ3v) is 3.60. The first-order valence-corrected chi connectivity index (χ1v) is 8.78. The van der Waals surface area contributed by atoms with Gasteiger partial charge in [-0.05, 0) is 25.0 Å². The first-order valence-electron chi connectivity index (χ1n) is 5.46. The fourth-order valence-electron chi connectivity index (χ4n) is 1.62. The molecule has 0 aliphatic heterocycles. The summed E-state index contributed by atoms with van der Waals surface area (Å²) in [5, 5.41) is 3.02. The molecular formula is C13H21NOPY+. The molecule has 1 aromatic rings. The standard InChI is InChI=1S/C13H20NOP.Y/c1-10-7-6-8-11(2)13(10)14-12(15)9-16(3,4)5;/h6-8H,9H2,1-5H3;/p+1. The van der Waals surface area contributed by atoms with Gasteiger partial charge in [0, 0.05) is 65.7 Å². The topological polar surface area (TPSA) is 29.1 Å². The fraction of sp³-hybridized carbons (Fsp3) is 0.462. The van der Waals surface area contributed by atoms with Crippen molar-refractivity contribution in [2.45, 2.75) is 13.8 Å². The van der Waals surface area contributed by atoms with E-state index in [4.69, 9.17) is 0 Å². The molecule has 1 aromatic carbocycles. The van der Waals surface area contributed by atoms with E-state index in [1.807, 2.05) is 32.0 Å². The molecule has 0 aliphatic rings. The van der Waals surface area contributed by atoms with Crippen LogP contribution in [0.4, 0.5) is 5.69 Å². The minimum Gasteiger partial charge on any atom is -0.322 e. The summed E-state index contributed by atoms with van der Waals surface area (Å²) < 4.78 is 0. The molecule has 91 valence electrons. The van der Waals surface area contributed by atoms with Crippen molar-refractivity contribution < 1.29 is 37.5 Å². The third-order valence-electron chi connectivity index (χ3n) is 2.36. The van der Waals surface area contributed by atoms with Gasteiger partial charge in [0.1, 0.15) is 6.16 Å². The maximum absolute atomic E-state index is 11.8. The molecule has 17 heavy (non-hydrogen) atoms. The van der Waals surface area contributed by atoms with Crippen LogP contribution < -0.4 is 5.32 Å². The number of hydrogen-bond donors (Lipinski definition) is 1. The van der Waals surface area contributed by atoms with Gasteiger partial charge in [0.15, 0.2) is 0 Å². The van der Waals surface area contributed by atoms with E-state index in [0.29, 0.717) is 6.16 Å². The minimum atomic E-state index is -1.05. The SMILES string of the molecule is Cc1cccc(C)c1NC(=O)C[P+](C)(C)C.[Y]. The predicted molar refractivity (Wildman–Crippen MR) is 74.1 cm³/mol. The van der Waals surface area contributed by atoms with Crippen molar-refractivity contribution >= 4 is 18.9 Å². The smallest absolute Gasteiger partial charge is 0.261 e. The molecule has 0 atom stereocenters. The van der Waals surface area contributed by atoms with E-state index in [-0.39, 0.29) is 38.6 Å². The van der Waals surface area contributed by atoms with Crippen LogP contribution in [0.5, 0.6) is 0 Å². The van der Waals surface area contributed by atoms with Crippen LogP contribution in [0.1, 0.15) is 11.1 Å². The molecule has 1 amide bonds. The van der Waals surface area contributed by atoms with Gasteiger partial charge in [-0.3, -0.25) is 4.79 Å². The van der Waals surface area contributed by atoms with Crippen molar-refractivity contribution in [2.75, 3.05) is 31.5 Å². The van der Waals surface area contributed by atoms with Gasteiger partial charge in [-0.1, -0.05) is 18.2 Å². The number of carbonyl (C=O) groups excluding carboxylic acids is 1. The number of amides is 1. The maximum Gasteiger partial charge on any atom is 0.261 e. The van der Waals surface area contributed by atoms with E-state index in [0.717, 1.165) is 16.8 Å². The normalized spacial score (nSPS) is 10.6. The van der Waals surface area contributed by atoms with Gasteiger partial charge in [0.25, 0.3) is 5.91 Å². The Morgan fingerprint density at radius 1 is 1.18 bits per heavy atom. The number of benzene rings is 1. The average Bonchev–Trinajstić information content (AvgIpc) is 2.08. The quantitative estimate of drug-likeness (QED) is 0.849. The molecule has 0 heterocycles. The van der Waals surface area contributed by atoms with Crippen LogP contribution in [0.3, 0.4) is 0 Å². The predicted octanol–water partition coefficient (Wildman–Crippen LogP) is 3.15. The Kier molecular flexibility index (Phi) is 7.06. The van der Waals surface area contributed by atoms with Gasteiger partial charge in [-0.15, -0.1) is 0 Å². The summed E-state index contributed by atoms with van der Waals surface area (Å²) in [5.74, 6) is 0.137. The molecule has 2 nitrogen and oxygen atoms in total. The van der Waals surface area contributed by atoms with E-state index in [9.17, 15) is 4.79 Å².